The molecule has 0 fully saturated rings. The van der Waals surface area contributed by atoms with E-state index in [2.05, 4.69) is 25.2 Å². The van der Waals surface area contributed by atoms with E-state index in [1.165, 1.54) is 44.9 Å². The van der Waals surface area contributed by atoms with Crippen LogP contribution in [0, 0.1) is 5.92 Å². The molecule has 1 nitrogen and oxygen atoms in total. The van der Waals surface area contributed by atoms with Gasteiger partial charge in [0.15, 0.2) is 0 Å². The molecule has 0 saturated heterocycles. The molecule has 0 radical (unpaired) electrons. The number of unbranched alkanes of at least 4 members (excludes halogenated alkanes) is 4. The number of hydrogen-bond acceptors (Lipinski definition) is 1. The van der Waals surface area contributed by atoms with Crippen molar-refractivity contribution in [3.63, 3.8) is 0 Å². The Morgan fingerprint density at radius 1 is 1.35 bits per heavy atom. The van der Waals surface area contributed by atoms with Crippen molar-refractivity contribution in [3.8, 4) is 0 Å². The predicted molar refractivity (Wildman–Crippen MR) is 75.0 cm³/mol. The molecule has 0 spiro atoms. The highest BCUT2D eigenvalue weighted by Gasteiger charge is 2.11. The van der Waals surface area contributed by atoms with E-state index in [-0.39, 0.29) is 6.10 Å². The Kier molecular flexibility index (Phi) is 8.08. The molecule has 1 heteroatoms. The maximum absolute atomic E-state index is 9.88. The van der Waals surface area contributed by atoms with E-state index >= 15 is 0 Å². The van der Waals surface area contributed by atoms with Crippen molar-refractivity contribution < 1.29 is 5.11 Å². The SMILES string of the molecule is CCCCCC/C=C/C(O)CC1C=CCCC1. The second kappa shape index (κ2) is 9.47. The maximum Gasteiger partial charge on any atom is 0.0726 e. The molecule has 0 amide bonds. The van der Waals surface area contributed by atoms with Crippen molar-refractivity contribution in [1.82, 2.24) is 0 Å². The first-order chi connectivity index (χ1) is 8.33. The van der Waals surface area contributed by atoms with Gasteiger partial charge in [-0.2, -0.15) is 0 Å². The third kappa shape index (κ3) is 7.38. The lowest BCUT2D eigenvalue weighted by atomic mass is 9.91. The first-order valence-corrected chi connectivity index (χ1v) is 7.34. The molecule has 0 aromatic carbocycles. The summed E-state index contributed by atoms with van der Waals surface area (Å²) in [6, 6.07) is 0. The minimum atomic E-state index is -0.242. The van der Waals surface area contributed by atoms with Crippen LogP contribution in [0.4, 0.5) is 0 Å². The number of rotatable bonds is 8. The van der Waals surface area contributed by atoms with Gasteiger partial charge in [0.05, 0.1) is 6.10 Å². The van der Waals surface area contributed by atoms with Crippen molar-refractivity contribution in [2.24, 2.45) is 5.92 Å². The number of allylic oxidation sites excluding steroid dienone is 3. The van der Waals surface area contributed by atoms with Crippen LogP contribution in [-0.4, -0.2) is 11.2 Å². The van der Waals surface area contributed by atoms with Crippen molar-refractivity contribution in [1.29, 1.82) is 0 Å². The van der Waals surface area contributed by atoms with Crippen LogP contribution in [0.15, 0.2) is 24.3 Å². The highest BCUT2D eigenvalue weighted by atomic mass is 16.3. The Morgan fingerprint density at radius 3 is 2.94 bits per heavy atom. The van der Waals surface area contributed by atoms with Crippen LogP contribution in [0.25, 0.3) is 0 Å². The average Bonchev–Trinajstić information content (AvgIpc) is 2.35. The summed E-state index contributed by atoms with van der Waals surface area (Å²) in [6.45, 7) is 2.23. The number of aliphatic hydroxyl groups is 1. The second-order valence-electron chi connectivity index (χ2n) is 5.20. The molecule has 0 heterocycles. The zero-order chi connectivity index (χ0) is 12.3. The lowest BCUT2D eigenvalue weighted by Gasteiger charge is -2.17. The van der Waals surface area contributed by atoms with E-state index in [0.717, 1.165) is 12.8 Å². The van der Waals surface area contributed by atoms with Crippen molar-refractivity contribution in [2.45, 2.75) is 70.8 Å². The molecular weight excluding hydrogens is 208 g/mol. The third-order valence-corrected chi connectivity index (χ3v) is 3.48. The molecule has 2 unspecified atom stereocenters. The van der Waals surface area contributed by atoms with E-state index in [1.54, 1.807) is 0 Å². The minimum Gasteiger partial charge on any atom is -0.389 e. The lowest BCUT2D eigenvalue weighted by Crippen LogP contribution is -2.11. The van der Waals surface area contributed by atoms with Crippen LogP contribution in [0.3, 0.4) is 0 Å². The molecule has 0 bridgehead atoms. The van der Waals surface area contributed by atoms with Gasteiger partial charge in [-0.25, -0.2) is 0 Å². The van der Waals surface area contributed by atoms with Crippen LogP contribution in [-0.2, 0) is 0 Å². The largest absolute Gasteiger partial charge is 0.389 e. The van der Waals surface area contributed by atoms with Crippen molar-refractivity contribution in [2.75, 3.05) is 0 Å². The standard InChI is InChI=1S/C16H28O/c1-2-3-4-5-6-10-13-16(17)14-15-11-8-7-9-12-15/h8,10-11,13,15-17H,2-7,9,12,14H2,1H3/b13-10+. The van der Waals surface area contributed by atoms with Gasteiger partial charge in [0.2, 0.25) is 0 Å². The van der Waals surface area contributed by atoms with E-state index in [4.69, 9.17) is 0 Å². The van der Waals surface area contributed by atoms with Gasteiger partial charge in [0.1, 0.15) is 0 Å². The van der Waals surface area contributed by atoms with Crippen molar-refractivity contribution >= 4 is 0 Å². The van der Waals surface area contributed by atoms with E-state index in [9.17, 15) is 5.11 Å². The molecule has 17 heavy (non-hydrogen) atoms. The monoisotopic (exact) mass is 236 g/mol. The maximum atomic E-state index is 9.88. The fourth-order valence-corrected chi connectivity index (χ4v) is 2.41. The molecule has 98 valence electrons. The summed E-state index contributed by atoms with van der Waals surface area (Å²) in [7, 11) is 0. The van der Waals surface area contributed by atoms with Gasteiger partial charge < -0.3 is 5.11 Å². The lowest BCUT2D eigenvalue weighted by molar-refractivity contribution is 0.192. The Labute approximate surface area is 107 Å². The van der Waals surface area contributed by atoms with Crippen LogP contribution >= 0.6 is 0 Å². The van der Waals surface area contributed by atoms with Gasteiger partial charge in [-0.3, -0.25) is 0 Å². The molecule has 0 saturated carbocycles. The van der Waals surface area contributed by atoms with Gasteiger partial charge in [0, 0.05) is 0 Å². The van der Waals surface area contributed by atoms with Crippen LogP contribution in [0.5, 0.6) is 0 Å². The first kappa shape index (κ1) is 14.5. The Balaban J connectivity index is 2.06. The Hall–Kier alpha value is -0.560. The molecule has 0 aromatic rings. The van der Waals surface area contributed by atoms with Gasteiger partial charge in [-0.1, -0.05) is 50.5 Å². The molecule has 1 N–H and O–H groups in total. The Morgan fingerprint density at radius 2 is 2.24 bits per heavy atom. The smallest absolute Gasteiger partial charge is 0.0726 e. The van der Waals surface area contributed by atoms with Gasteiger partial charge in [-0.05, 0) is 44.4 Å². The summed E-state index contributed by atoms with van der Waals surface area (Å²) in [5.74, 6) is 0.600. The van der Waals surface area contributed by atoms with Crippen LogP contribution in [0.1, 0.15) is 64.7 Å². The highest BCUT2D eigenvalue weighted by molar-refractivity contribution is 4.97. The summed E-state index contributed by atoms with van der Waals surface area (Å²) >= 11 is 0. The normalized spacial score (nSPS) is 22.1. The molecule has 1 rings (SSSR count). The van der Waals surface area contributed by atoms with E-state index in [1.807, 2.05) is 6.08 Å². The molecule has 1 aliphatic carbocycles. The van der Waals surface area contributed by atoms with Crippen molar-refractivity contribution in [3.05, 3.63) is 24.3 Å². The third-order valence-electron chi connectivity index (χ3n) is 3.48. The second-order valence-corrected chi connectivity index (χ2v) is 5.20. The fraction of sp³-hybridized carbons (Fsp3) is 0.750. The summed E-state index contributed by atoms with van der Waals surface area (Å²) in [4.78, 5) is 0. The van der Waals surface area contributed by atoms with E-state index < -0.39 is 0 Å². The summed E-state index contributed by atoms with van der Waals surface area (Å²) in [6.07, 6.45) is 19.4. The number of aliphatic hydroxyl groups excluding tert-OH is 1. The summed E-state index contributed by atoms with van der Waals surface area (Å²) < 4.78 is 0. The molecule has 1 aliphatic rings. The average molecular weight is 236 g/mol. The molecule has 0 aromatic heterocycles. The minimum absolute atomic E-state index is 0.242. The molecular formula is C16H28O. The topological polar surface area (TPSA) is 20.2 Å². The van der Waals surface area contributed by atoms with Gasteiger partial charge >= 0.3 is 0 Å². The Bertz CT molecular complexity index is 230. The van der Waals surface area contributed by atoms with Gasteiger partial charge in [-0.15, -0.1) is 0 Å². The quantitative estimate of drug-likeness (QED) is 0.481. The summed E-state index contributed by atoms with van der Waals surface area (Å²) in [5, 5.41) is 9.88. The zero-order valence-corrected chi connectivity index (χ0v) is 11.3. The van der Waals surface area contributed by atoms with Crippen LogP contribution in [0.2, 0.25) is 0 Å². The van der Waals surface area contributed by atoms with E-state index in [0.29, 0.717) is 5.92 Å². The highest BCUT2D eigenvalue weighted by Crippen LogP contribution is 2.21. The summed E-state index contributed by atoms with van der Waals surface area (Å²) in [5.41, 5.74) is 0. The molecule has 2 atom stereocenters. The fourth-order valence-electron chi connectivity index (χ4n) is 2.41. The number of hydrogen-bond donors (Lipinski definition) is 1. The predicted octanol–water partition coefficient (Wildman–Crippen LogP) is 4.62. The van der Waals surface area contributed by atoms with Crippen LogP contribution < -0.4 is 0 Å². The zero-order valence-electron chi connectivity index (χ0n) is 11.3. The first-order valence-electron chi connectivity index (χ1n) is 7.34. The molecule has 0 aliphatic heterocycles. The van der Waals surface area contributed by atoms with Gasteiger partial charge in [0.25, 0.3) is 0 Å².